The maximum absolute atomic E-state index is 12.9. The third-order valence-electron chi connectivity index (χ3n) is 5.07. The standard InChI is InChI=1S/C23H28N2O3/c1-16-8-10-25(11-9-16)23(27)20-6-4-5-7-21(20)24-22(26)15-28-19-13-17(2)12-18(3)14-19/h4-7,12-14,16H,8-11,15H2,1-3H3,(H,24,26). The van der Waals surface area contributed by atoms with Gasteiger partial charge in [0.1, 0.15) is 5.75 Å². The van der Waals surface area contributed by atoms with E-state index in [4.69, 9.17) is 4.74 Å². The van der Waals surface area contributed by atoms with Crippen LogP contribution < -0.4 is 10.1 Å². The summed E-state index contributed by atoms with van der Waals surface area (Å²) in [4.78, 5) is 27.2. The molecule has 3 rings (SSSR count). The summed E-state index contributed by atoms with van der Waals surface area (Å²) in [7, 11) is 0. The topological polar surface area (TPSA) is 58.6 Å². The monoisotopic (exact) mass is 380 g/mol. The van der Waals surface area contributed by atoms with Gasteiger partial charge in [-0.1, -0.05) is 25.1 Å². The van der Waals surface area contributed by atoms with Gasteiger partial charge in [0.25, 0.3) is 11.8 Å². The summed E-state index contributed by atoms with van der Waals surface area (Å²) in [6, 6.07) is 13.0. The van der Waals surface area contributed by atoms with Gasteiger partial charge in [0.05, 0.1) is 11.3 Å². The summed E-state index contributed by atoms with van der Waals surface area (Å²) >= 11 is 0. The molecule has 1 fully saturated rings. The number of rotatable bonds is 5. The molecule has 2 amide bonds. The Hall–Kier alpha value is -2.82. The minimum atomic E-state index is -0.285. The van der Waals surface area contributed by atoms with Crippen LogP contribution in [0.3, 0.4) is 0 Å². The quantitative estimate of drug-likeness (QED) is 0.846. The van der Waals surface area contributed by atoms with E-state index in [9.17, 15) is 9.59 Å². The Morgan fingerprint density at radius 2 is 1.71 bits per heavy atom. The number of nitrogens with zero attached hydrogens (tertiary/aromatic N) is 1. The molecule has 148 valence electrons. The van der Waals surface area contributed by atoms with Crippen LogP contribution in [0.4, 0.5) is 5.69 Å². The van der Waals surface area contributed by atoms with Gasteiger partial charge >= 0.3 is 0 Å². The second kappa shape index (κ2) is 8.91. The van der Waals surface area contributed by atoms with Crippen molar-refractivity contribution in [3.63, 3.8) is 0 Å². The third-order valence-corrected chi connectivity index (χ3v) is 5.07. The number of ether oxygens (including phenoxy) is 1. The van der Waals surface area contributed by atoms with Crippen LogP contribution in [0.5, 0.6) is 5.75 Å². The Labute approximate surface area is 166 Å². The minimum absolute atomic E-state index is 0.0296. The van der Waals surface area contributed by atoms with Gasteiger partial charge in [0.15, 0.2) is 6.61 Å². The molecule has 28 heavy (non-hydrogen) atoms. The maximum Gasteiger partial charge on any atom is 0.262 e. The molecule has 5 heteroatoms. The van der Waals surface area contributed by atoms with Gasteiger partial charge in [-0.25, -0.2) is 0 Å². The molecule has 2 aromatic rings. The van der Waals surface area contributed by atoms with Gasteiger partial charge in [-0.3, -0.25) is 9.59 Å². The molecule has 0 atom stereocenters. The van der Waals surface area contributed by atoms with Crippen LogP contribution in [0.1, 0.15) is 41.3 Å². The fourth-order valence-corrected chi connectivity index (χ4v) is 3.51. The fraction of sp³-hybridized carbons (Fsp3) is 0.391. The summed E-state index contributed by atoms with van der Waals surface area (Å²) in [5.74, 6) is 1.01. The van der Waals surface area contributed by atoms with Crippen molar-refractivity contribution in [1.82, 2.24) is 4.90 Å². The Morgan fingerprint density at radius 3 is 2.39 bits per heavy atom. The molecule has 1 aliphatic heterocycles. The molecule has 5 nitrogen and oxygen atoms in total. The van der Waals surface area contributed by atoms with E-state index in [0.29, 0.717) is 22.9 Å². The largest absolute Gasteiger partial charge is 0.484 e. The van der Waals surface area contributed by atoms with Gasteiger partial charge in [0.2, 0.25) is 0 Å². The van der Waals surface area contributed by atoms with Gasteiger partial charge in [-0.2, -0.15) is 0 Å². The van der Waals surface area contributed by atoms with Crippen molar-refractivity contribution in [2.45, 2.75) is 33.6 Å². The molecular weight excluding hydrogens is 352 g/mol. The Kier molecular flexibility index (Phi) is 6.34. The number of benzene rings is 2. The first-order chi connectivity index (χ1) is 13.4. The van der Waals surface area contributed by atoms with Crippen LogP contribution in [0, 0.1) is 19.8 Å². The predicted molar refractivity (Wildman–Crippen MR) is 111 cm³/mol. The average molecular weight is 380 g/mol. The van der Waals surface area contributed by atoms with E-state index in [-0.39, 0.29) is 18.4 Å². The van der Waals surface area contributed by atoms with Crippen molar-refractivity contribution < 1.29 is 14.3 Å². The molecule has 0 unspecified atom stereocenters. The number of likely N-dealkylation sites (tertiary alicyclic amines) is 1. The molecule has 0 spiro atoms. The number of hydrogen-bond donors (Lipinski definition) is 1. The lowest BCUT2D eigenvalue weighted by atomic mass is 9.98. The molecular formula is C23H28N2O3. The van der Waals surface area contributed by atoms with E-state index in [1.807, 2.05) is 43.0 Å². The molecule has 0 aromatic heterocycles. The first-order valence-electron chi connectivity index (χ1n) is 9.81. The normalized spacial score (nSPS) is 14.6. The summed E-state index contributed by atoms with van der Waals surface area (Å²) in [6.07, 6.45) is 2.04. The lowest BCUT2D eigenvalue weighted by Gasteiger charge is -2.30. The van der Waals surface area contributed by atoms with Gasteiger partial charge in [-0.15, -0.1) is 0 Å². The van der Waals surface area contributed by atoms with Crippen molar-refractivity contribution in [3.05, 3.63) is 59.2 Å². The molecule has 0 bridgehead atoms. The average Bonchev–Trinajstić information content (AvgIpc) is 2.66. The van der Waals surface area contributed by atoms with Crippen LogP contribution >= 0.6 is 0 Å². The SMILES string of the molecule is Cc1cc(C)cc(OCC(=O)Nc2ccccc2C(=O)N2CCC(C)CC2)c1. The first-order valence-corrected chi connectivity index (χ1v) is 9.81. The fourth-order valence-electron chi connectivity index (χ4n) is 3.51. The minimum Gasteiger partial charge on any atom is -0.484 e. The van der Waals surface area contributed by atoms with Gasteiger partial charge in [0, 0.05) is 13.1 Å². The third kappa shape index (κ3) is 5.12. The summed E-state index contributed by atoms with van der Waals surface area (Å²) < 4.78 is 5.62. The Morgan fingerprint density at radius 1 is 1.07 bits per heavy atom. The second-order valence-electron chi connectivity index (χ2n) is 7.68. The molecule has 0 radical (unpaired) electrons. The first kappa shape index (κ1) is 19.9. The number of aryl methyl sites for hydroxylation is 2. The number of nitrogens with one attached hydrogen (secondary N) is 1. The molecule has 1 saturated heterocycles. The molecule has 0 saturated carbocycles. The molecule has 1 heterocycles. The zero-order valence-electron chi connectivity index (χ0n) is 16.8. The number of hydrogen-bond acceptors (Lipinski definition) is 3. The van der Waals surface area contributed by atoms with Crippen molar-refractivity contribution in [3.8, 4) is 5.75 Å². The van der Waals surface area contributed by atoms with Crippen molar-refractivity contribution in [2.24, 2.45) is 5.92 Å². The van der Waals surface area contributed by atoms with E-state index < -0.39 is 0 Å². The zero-order valence-corrected chi connectivity index (χ0v) is 16.8. The van der Waals surface area contributed by atoms with E-state index in [0.717, 1.165) is 37.1 Å². The number of anilines is 1. The Bertz CT molecular complexity index is 834. The van der Waals surface area contributed by atoms with E-state index in [1.54, 1.807) is 12.1 Å². The van der Waals surface area contributed by atoms with Crippen LogP contribution in [-0.4, -0.2) is 36.4 Å². The highest BCUT2D eigenvalue weighted by Gasteiger charge is 2.23. The number of carbonyl (C=O) groups is 2. The van der Waals surface area contributed by atoms with Gasteiger partial charge in [-0.05, 0) is 68.0 Å². The predicted octanol–water partition coefficient (Wildman–Crippen LogP) is 4.19. The van der Waals surface area contributed by atoms with E-state index >= 15 is 0 Å². The van der Waals surface area contributed by atoms with Crippen LogP contribution in [0.25, 0.3) is 0 Å². The van der Waals surface area contributed by atoms with Crippen LogP contribution in [0.15, 0.2) is 42.5 Å². The summed E-state index contributed by atoms with van der Waals surface area (Å²) in [6.45, 7) is 7.61. The zero-order chi connectivity index (χ0) is 20.1. The highest BCUT2D eigenvalue weighted by Crippen LogP contribution is 2.22. The summed E-state index contributed by atoms with van der Waals surface area (Å²) in [5.41, 5.74) is 3.22. The highest BCUT2D eigenvalue weighted by atomic mass is 16.5. The highest BCUT2D eigenvalue weighted by molar-refractivity contribution is 6.04. The number of piperidine rings is 1. The molecule has 2 aromatic carbocycles. The number of amides is 2. The van der Waals surface area contributed by atoms with Gasteiger partial charge < -0.3 is 15.0 Å². The molecule has 0 aliphatic carbocycles. The maximum atomic E-state index is 12.9. The number of para-hydroxylation sites is 1. The van der Waals surface area contributed by atoms with E-state index in [1.165, 1.54) is 0 Å². The summed E-state index contributed by atoms with van der Waals surface area (Å²) in [5, 5.41) is 2.83. The Balaban J connectivity index is 1.64. The van der Waals surface area contributed by atoms with Crippen molar-refractivity contribution >= 4 is 17.5 Å². The van der Waals surface area contributed by atoms with Crippen molar-refractivity contribution in [1.29, 1.82) is 0 Å². The number of carbonyl (C=O) groups excluding carboxylic acids is 2. The van der Waals surface area contributed by atoms with Crippen LogP contribution in [-0.2, 0) is 4.79 Å². The second-order valence-corrected chi connectivity index (χ2v) is 7.68. The van der Waals surface area contributed by atoms with Crippen molar-refractivity contribution in [2.75, 3.05) is 25.0 Å². The molecule has 1 N–H and O–H groups in total. The molecule has 1 aliphatic rings. The van der Waals surface area contributed by atoms with Crippen LogP contribution in [0.2, 0.25) is 0 Å². The lowest BCUT2D eigenvalue weighted by Crippen LogP contribution is -2.38. The smallest absolute Gasteiger partial charge is 0.262 e. The lowest BCUT2D eigenvalue weighted by molar-refractivity contribution is -0.118. The van der Waals surface area contributed by atoms with E-state index in [2.05, 4.69) is 18.3 Å².